The van der Waals surface area contributed by atoms with Crippen LogP contribution in [0.25, 0.3) is 0 Å². The number of aromatic hydroxyl groups is 1. The van der Waals surface area contributed by atoms with Gasteiger partial charge in [-0.1, -0.05) is 30.5 Å². The fraction of sp³-hybridized carbons (Fsp3) is 0.412. The van der Waals surface area contributed by atoms with Gasteiger partial charge in [0.25, 0.3) is 5.56 Å². The molecular formula is C17H18ClN3O3S. The number of rotatable bonds is 2. The predicted molar refractivity (Wildman–Crippen MR) is 98.6 cm³/mol. The summed E-state index contributed by atoms with van der Waals surface area (Å²) < 4.78 is 1.84. The van der Waals surface area contributed by atoms with E-state index in [4.69, 9.17) is 11.6 Å². The van der Waals surface area contributed by atoms with Crippen LogP contribution in [0.5, 0.6) is 5.75 Å². The number of benzene rings is 1. The lowest BCUT2D eigenvalue weighted by molar-refractivity contribution is -0.113. The van der Waals surface area contributed by atoms with E-state index in [-0.39, 0.29) is 39.3 Å². The van der Waals surface area contributed by atoms with Crippen LogP contribution < -0.4 is 10.9 Å². The molecule has 1 aromatic carbocycles. The summed E-state index contributed by atoms with van der Waals surface area (Å²) in [6, 6.07) is 5.12. The van der Waals surface area contributed by atoms with E-state index in [1.165, 1.54) is 17.8 Å². The van der Waals surface area contributed by atoms with Crippen molar-refractivity contribution in [3.8, 4) is 5.75 Å². The van der Waals surface area contributed by atoms with Crippen molar-refractivity contribution in [2.45, 2.75) is 37.0 Å². The summed E-state index contributed by atoms with van der Waals surface area (Å²) >= 11 is 7.43. The molecule has 0 spiro atoms. The third kappa shape index (κ3) is 2.95. The Kier molecular flexibility index (Phi) is 4.29. The second kappa shape index (κ2) is 6.46. The number of nitrogens with one attached hydrogen (secondary N) is 2. The van der Waals surface area contributed by atoms with Gasteiger partial charge in [-0.25, -0.2) is 0 Å². The highest BCUT2D eigenvalue weighted by atomic mass is 35.5. The molecule has 1 amide bonds. The fourth-order valence-corrected chi connectivity index (χ4v) is 4.93. The molecule has 1 saturated carbocycles. The van der Waals surface area contributed by atoms with Crippen molar-refractivity contribution in [1.29, 1.82) is 0 Å². The van der Waals surface area contributed by atoms with Crippen LogP contribution in [0.3, 0.4) is 0 Å². The molecule has 1 aliphatic heterocycles. The van der Waals surface area contributed by atoms with Crippen LogP contribution in [0.15, 0.2) is 23.0 Å². The molecule has 3 N–H and O–H groups in total. The van der Waals surface area contributed by atoms with Gasteiger partial charge in [0, 0.05) is 0 Å². The summed E-state index contributed by atoms with van der Waals surface area (Å²) in [4.78, 5) is 24.9. The lowest BCUT2D eigenvalue weighted by Gasteiger charge is -2.17. The summed E-state index contributed by atoms with van der Waals surface area (Å²) in [5.74, 6) is 0.698. The van der Waals surface area contributed by atoms with Crippen LogP contribution in [0, 0.1) is 0 Å². The summed E-state index contributed by atoms with van der Waals surface area (Å²) in [7, 11) is 0. The highest BCUT2D eigenvalue weighted by Crippen LogP contribution is 2.43. The minimum Gasteiger partial charge on any atom is -0.506 e. The highest BCUT2D eigenvalue weighted by Gasteiger charge is 2.33. The van der Waals surface area contributed by atoms with E-state index in [2.05, 4.69) is 10.4 Å². The minimum atomic E-state index is -0.321. The molecule has 0 bridgehead atoms. The van der Waals surface area contributed by atoms with Gasteiger partial charge in [-0.2, -0.15) is 0 Å². The number of fused-ring (bicyclic) bond motifs is 1. The minimum absolute atomic E-state index is 0.00380. The summed E-state index contributed by atoms with van der Waals surface area (Å²) in [5.41, 5.74) is 1.15. The Morgan fingerprint density at radius 3 is 2.72 bits per heavy atom. The van der Waals surface area contributed by atoms with E-state index < -0.39 is 0 Å². The smallest absolute Gasteiger partial charge is 0.270 e. The number of aromatic nitrogens is 2. The monoisotopic (exact) mass is 379 g/mol. The quantitative estimate of drug-likeness (QED) is 0.746. The first-order chi connectivity index (χ1) is 12.0. The second-order valence-corrected chi connectivity index (χ2v) is 7.96. The van der Waals surface area contributed by atoms with Crippen molar-refractivity contribution >= 4 is 35.1 Å². The summed E-state index contributed by atoms with van der Waals surface area (Å²) in [6.07, 6.45) is 4.24. The average Bonchev–Trinajstić information content (AvgIpc) is 3.16. The van der Waals surface area contributed by atoms with Crippen molar-refractivity contribution in [1.82, 2.24) is 9.78 Å². The molecule has 0 unspecified atom stereocenters. The molecule has 25 heavy (non-hydrogen) atoms. The van der Waals surface area contributed by atoms with Gasteiger partial charge in [-0.15, -0.1) is 11.8 Å². The predicted octanol–water partition coefficient (Wildman–Crippen LogP) is 3.43. The highest BCUT2D eigenvalue weighted by molar-refractivity contribution is 8.00. The number of halogens is 1. The zero-order valence-corrected chi connectivity index (χ0v) is 15.0. The van der Waals surface area contributed by atoms with Gasteiger partial charge in [0.1, 0.15) is 11.6 Å². The SMILES string of the molecule is O=C1CS[C@H](c2ccc(O)c(Cl)c2)c2c(n(C3CCCC3)[nH]c2=O)N1. The number of thioether (sulfide) groups is 1. The van der Waals surface area contributed by atoms with E-state index in [0.29, 0.717) is 11.4 Å². The number of phenols is 1. The van der Waals surface area contributed by atoms with Crippen molar-refractivity contribution in [2.24, 2.45) is 0 Å². The number of amides is 1. The Labute approximate surface area is 153 Å². The molecule has 4 rings (SSSR count). The van der Waals surface area contributed by atoms with E-state index in [0.717, 1.165) is 31.2 Å². The summed E-state index contributed by atoms with van der Waals surface area (Å²) in [5, 5.41) is 15.4. The van der Waals surface area contributed by atoms with E-state index >= 15 is 0 Å². The molecule has 1 aromatic heterocycles. The maximum Gasteiger partial charge on any atom is 0.270 e. The Hall–Kier alpha value is -1.86. The number of carbonyl (C=O) groups is 1. The Morgan fingerprint density at radius 2 is 2.00 bits per heavy atom. The van der Waals surface area contributed by atoms with Crippen LogP contribution in [-0.2, 0) is 4.79 Å². The molecule has 1 atom stereocenters. The fourth-order valence-electron chi connectivity index (χ4n) is 3.63. The average molecular weight is 380 g/mol. The van der Waals surface area contributed by atoms with Gasteiger partial charge in [-0.05, 0) is 30.5 Å². The van der Waals surface area contributed by atoms with Crippen LogP contribution in [0.2, 0.25) is 5.02 Å². The van der Waals surface area contributed by atoms with Gasteiger partial charge in [-0.3, -0.25) is 19.4 Å². The van der Waals surface area contributed by atoms with Crippen LogP contribution in [0.4, 0.5) is 5.82 Å². The second-order valence-electron chi connectivity index (χ2n) is 6.46. The molecular weight excluding hydrogens is 362 g/mol. The molecule has 132 valence electrons. The number of hydrogen-bond acceptors (Lipinski definition) is 4. The number of H-pyrrole nitrogens is 1. The molecule has 0 saturated heterocycles. The van der Waals surface area contributed by atoms with E-state index in [9.17, 15) is 14.7 Å². The number of hydrogen-bond donors (Lipinski definition) is 3. The lowest BCUT2D eigenvalue weighted by Crippen LogP contribution is -2.18. The van der Waals surface area contributed by atoms with Crippen LogP contribution >= 0.6 is 23.4 Å². The first-order valence-corrected chi connectivity index (χ1v) is 9.71. The normalized spacial score (nSPS) is 21.0. The van der Waals surface area contributed by atoms with Crippen LogP contribution in [-0.4, -0.2) is 26.5 Å². The number of aromatic amines is 1. The first kappa shape index (κ1) is 16.6. The molecule has 2 aliphatic rings. The number of nitrogens with zero attached hydrogens (tertiary/aromatic N) is 1. The molecule has 2 heterocycles. The lowest BCUT2D eigenvalue weighted by atomic mass is 10.1. The third-order valence-electron chi connectivity index (χ3n) is 4.83. The zero-order chi connectivity index (χ0) is 17.6. The van der Waals surface area contributed by atoms with Gasteiger partial charge < -0.3 is 10.4 Å². The van der Waals surface area contributed by atoms with Crippen molar-refractivity contribution in [3.05, 3.63) is 44.7 Å². The Morgan fingerprint density at radius 1 is 1.24 bits per heavy atom. The third-order valence-corrected chi connectivity index (χ3v) is 6.40. The molecule has 0 radical (unpaired) electrons. The van der Waals surface area contributed by atoms with Crippen molar-refractivity contribution in [3.63, 3.8) is 0 Å². The Balaban J connectivity index is 1.84. The molecule has 2 aromatic rings. The Bertz CT molecular complexity index is 886. The van der Waals surface area contributed by atoms with Gasteiger partial charge >= 0.3 is 0 Å². The summed E-state index contributed by atoms with van der Waals surface area (Å²) in [6.45, 7) is 0. The number of carbonyl (C=O) groups excluding carboxylic acids is 1. The number of anilines is 1. The molecule has 8 heteroatoms. The van der Waals surface area contributed by atoms with Crippen LogP contribution in [0.1, 0.15) is 48.1 Å². The van der Waals surface area contributed by atoms with E-state index in [1.54, 1.807) is 12.1 Å². The zero-order valence-electron chi connectivity index (χ0n) is 13.4. The van der Waals surface area contributed by atoms with E-state index in [1.807, 2.05) is 4.68 Å². The first-order valence-electron chi connectivity index (χ1n) is 8.29. The molecule has 6 nitrogen and oxygen atoms in total. The molecule has 1 fully saturated rings. The van der Waals surface area contributed by atoms with Gasteiger partial charge in [0.2, 0.25) is 5.91 Å². The maximum atomic E-state index is 12.7. The maximum absolute atomic E-state index is 12.7. The van der Waals surface area contributed by atoms with Crippen molar-refractivity contribution in [2.75, 3.05) is 11.1 Å². The van der Waals surface area contributed by atoms with Gasteiger partial charge in [0.15, 0.2) is 0 Å². The van der Waals surface area contributed by atoms with Gasteiger partial charge in [0.05, 0.1) is 27.6 Å². The topological polar surface area (TPSA) is 87.1 Å². The standard InChI is InChI=1S/C17H18ClN3O3S/c18-11-7-9(5-6-12(11)22)15-14-16(19-13(23)8-25-15)21(20-17(14)24)10-3-1-2-4-10/h5-7,10,15,22H,1-4,8H2,(H,19,23)(H,20,24)/t15-/m1/s1. The number of phenolic OH excluding ortho intramolecular Hbond substituents is 1. The largest absolute Gasteiger partial charge is 0.506 e. The van der Waals surface area contributed by atoms with Crippen molar-refractivity contribution < 1.29 is 9.90 Å². The molecule has 1 aliphatic carbocycles.